The van der Waals surface area contributed by atoms with Gasteiger partial charge < -0.3 is 14.5 Å². The molecule has 0 N–H and O–H groups in total. The zero-order valence-electron chi connectivity index (χ0n) is 39.9. The van der Waals surface area contributed by atoms with Gasteiger partial charge in [-0.25, -0.2) is 4.98 Å². The van der Waals surface area contributed by atoms with Crippen molar-refractivity contribution in [1.29, 1.82) is 0 Å². The molecule has 0 amide bonds. The Balaban J connectivity index is 1.11. The van der Waals surface area contributed by atoms with Gasteiger partial charge in [-0.2, -0.15) is 0 Å². The van der Waals surface area contributed by atoms with E-state index in [1.807, 2.05) is 6.20 Å². The van der Waals surface area contributed by atoms with Gasteiger partial charge in [-0.15, -0.1) is 0 Å². The van der Waals surface area contributed by atoms with Crippen molar-refractivity contribution < 1.29 is 4.74 Å². The Morgan fingerprint density at radius 3 is 1.81 bits per heavy atom. The molecular weight excluding hydrogens is 781 g/mol. The predicted octanol–water partition coefficient (Wildman–Crippen LogP) is 16.9. The highest BCUT2D eigenvalue weighted by Gasteiger charge is 2.30. The van der Waals surface area contributed by atoms with Crippen LogP contribution < -0.4 is 14.5 Å². The van der Waals surface area contributed by atoms with Gasteiger partial charge in [-0.1, -0.05) is 138 Å². The van der Waals surface area contributed by atoms with Gasteiger partial charge in [-0.3, -0.25) is 4.57 Å². The minimum Gasteiger partial charge on any atom is -0.457 e. The predicted molar refractivity (Wildman–Crippen MR) is 272 cm³/mol. The summed E-state index contributed by atoms with van der Waals surface area (Å²) >= 11 is 0. The molecule has 1 aliphatic heterocycles. The monoisotopic (exact) mass is 845 g/mol. The third-order valence-corrected chi connectivity index (χ3v) is 13.1. The van der Waals surface area contributed by atoms with E-state index in [1.54, 1.807) is 0 Å². The Kier molecular flexibility index (Phi) is 11.0. The third kappa shape index (κ3) is 7.95. The van der Waals surface area contributed by atoms with Gasteiger partial charge in [-0.05, 0) is 134 Å². The SMILES string of the molecule is CC(C)c1cc(C(C)C)c(-c2cccc(N3CN(c4cc(Oc5ccc6c7ccccc7n(-c7cc(C(C)(C)C)ccn7)c6c5)cc(C(C)(C)C)c4)c4ccccc43)c2)c(C(C)C)c1. The summed E-state index contributed by atoms with van der Waals surface area (Å²) in [4.78, 5) is 9.82. The number of fused-ring (bicyclic) bond motifs is 4. The number of rotatable bonds is 9. The zero-order chi connectivity index (χ0) is 45.2. The normalized spacial score (nSPS) is 13.3. The van der Waals surface area contributed by atoms with Crippen molar-refractivity contribution >= 4 is 44.6 Å². The van der Waals surface area contributed by atoms with Crippen LogP contribution in [-0.2, 0) is 10.8 Å². The van der Waals surface area contributed by atoms with Crippen molar-refractivity contribution in [3.05, 3.63) is 167 Å². The smallest absolute Gasteiger partial charge is 0.137 e. The van der Waals surface area contributed by atoms with Crippen molar-refractivity contribution in [3.8, 4) is 28.4 Å². The maximum atomic E-state index is 6.96. The summed E-state index contributed by atoms with van der Waals surface area (Å²) in [5.41, 5.74) is 16.1. The average Bonchev–Trinajstić information content (AvgIpc) is 3.81. The molecule has 0 saturated carbocycles. The lowest BCUT2D eigenvalue weighted by Gasteiger charge is -2.27. The molecule has 326 valence electrons. The maximum Gasteiger partial charge on any atom is 0.137 e. The minimum absolute atomic E-state index is 0.00739. The Labute approximate surface area is 381 Å². The molecule has 64 heavy (non-hydrogen) atoms. The lowest BCUT2D eigenvalue weighted by Crippen LogP contribution is -2.24. The molecular formula is C59H64N4O. The molecule has 8 aromatic rings. The summed E-state index contributed by atoms with van der Waals surface area (Å²) in [5, 5.41) is 2.36. The Morgan fingerprint density at radius 2 is 1.16 bits per heavy atom. The number of benzene rings is 6. The average molecular weight is 845 g/mol. The second-order valence-corrected chi connectivity index (χ2v) is 20.8. The highest BCUT2D eigenvalue weighted by atomic mass is 16.5. The van der Waals surface area contributed by atoms with Crippen molar-refractivity contribution in [3.63, 3.8) is 0 Å². The highest BCUT2D eigenvalue weighted by molar-refractivity contribution is 6.09. The molecule has 5 heteroatoms. The molecule has 9 rings (SSSR count). The van der Waals surface area contributed by atoms with E-state index >= 15 is 0 Å². The van der Waals surface area contributed by atoms with Gasteiger partial charge in [0.2, 0.25) is 0 Å². The number of hydrogen-bond donors (Lipinski definition) is 0. The molecule has 5 nitrogen and oxygen atoms in total. The van der Waals surface area contributed by atoms with Gasteiger partial charge >= 0.3 is 0 Å². The van der Waals surface area contributed by atoms with Crippen LogP contribution in [0.25, 0.3) is 38.8 Å². The second kappa shape index (κ2) is 16.3. The lowest BCUT2D eigenvalue weighted by atomic mass is 9.81. The number of para-hydroxylation sites is 3. The van der Waals surface area contributed by atoms with E-state index in [0.29, 0.717) is 24.4 Å². The molecule has 0 spiro atoms. The number of aromatic nitrogens is 2. The van der Waals surface area contributed by atoms with E-state index in [2.05, 4.69) is 231 Å². The summed E-state index contributed by atoms with van der Waals surface area (Å²) < 4.78 is 9.24. The van der Waals surface area contributed by atoms with E-state index < -0.39 is 0 Å². The van der Waals surface area contributed by atoms with Crippen molar-refractivity contribution in [2.75, 3.05) is 16.5 Å². The lowest BCUT2D eigenvalue weighted by molar-refractivity contribution is 0.479. The van der Waals surface area contributed by atoms with E-state index in [0.717, 1.165) is 34.0 Å². The van der Waals surface area contributed by atoms with E-state index in [1.165, 1.54) is 66.8 Å². The zero-order valence-corrected chi connectivity index (χ0v) is 39.9. The van der Waals surface area contributed by atoms with Crippen molar-refractivity contribution in [1.82, 2.24) is 9.55 Å². The van der Waals surface area contributed by atoms with Crippen molar-refractivity contribution in [2.24, 2.45) is 0 Å². The van der Waals surface area contributed by atoms with Crippen LogP contribution in [-0.4, -0.2) is 16.2 Å². The standard InChI is InChI=1S/C59H64N4O/c1-37(2)41-29-50(38(3)4)57(51(30-41)39(5)6)40-18-17-19-44(28-40)61-36-62(54-23-16-15-22-53(54)61)45-31-43(59(10,11)12)32-47(34-45)64-46-24-25-49-48-20-13-14-21-52(48)63(55(49)35-46)56-33-42(26-27-60-56)58(7,8)9/h13-35,37-39H,36H2,1-12H3. The van der Waals surface area contributed by atoms with Crippen LogP contribution in [0.5, 0.6) is 11.5 Å². The minimum atomic E-state index is -0.116. The first-order chi connectivity index (χ1) is 30.5. The largest absolute Gasteiger partial charge is 0.457 e. The molecule has 6 aromatic carbocycles. The van der Waals surface area contributed by atoms with E-state index in [4.69, 9.17) is 9.72 Å². The first kappa shape index (κ1) is 42.9. The third-order valence-electron chi connectivity index (χ3n) is 13.1. The van der Waals surface area contributed by atoms with Crippen LogP contribution >= 0.6 is 0 Å². The van der Waals surface area contributed by atoms with Crippen LogP contribution in [0.3, 0.4) is 0 Å². The summed E-state index contributed by atoms with van der Waals surface area (Å²) in [6, 6.07) is 49.1. The summed E-state index contributed by atoms with van der Waals surface area (Å²) in [6.07, 6.45) is 1.93. The van der Waals surface area contributed by atoms with Gasteiger partial charge in [0.25, 0.3) is 0 Å². The molecule has 2 aromatic heterocycles. The first-order valence-electron chi connectivity index (χ1n) is 23.2. The van der Waals surface area contributed by atoms with Crippen LogP contribution in [0.2, 0.25) is 0 Å². The topological polar surface area (TPSA) is 33.5 Å². The fourth-order valence-corrected chi connectivity index (χ4v) is 9.41. The molecule has 0 atom stereocenters. The molecule has 1 aliphatic rings. The molecule has 0 aliphatic carbocycles. The Bertz CT molecular complexity index is 3000. The fraction of sp³-hybridized carbons (Fsp3) is 0.305. The Morgan fingerprint density at radius 1 is 0.516 bits per heavy atom. The molecule has 0 fully saturated rings. The molecule has 0 radical (unpaired) electrons. The molecule has 3 heterocycles. The summed E-state index contributed by atoms with van der Waals surface area (Å²) in [6.45, 7) is 28.2. The fourth-order valence-electron chi connectivity index (χ4n) is 9.41. The van der Waals surface area contributed by atoms with Crippen LogP contribution in [0.4, 0.5) is 22.7 Å². The Hall–Kier alpha value is -6.33. The number of anilines is 4. The van der Waals surface area contributed by atoms with Gasteiger partial charge in [0.1, 0.15) is 24.0 Å². The van der Waals surface area contributed by atoms with Gasteiger partial charge in [0, 0.05) is 40.5 Å². The van der Waals surface area contributed by atoms with Crippen LogP contribution in [0.1, 0.15) is 129 Å². The molecule has 0 unspecified atom stereocenters. The number of pyridine rings is 1. The van der Waals surface area contributed by atoms with Crippen LogP contribution in [0.15, 0.2) is 140 Å². The maximum absolute atomic E-state index is 6.96. The van der Waals surface area contributed by atoms with Gasteiger partial charge in [0.15, 0.2) is 0 Å². The molecule has 0 bridgehead atoms. The highest BCUT2D eigenvalue weighted by Crippen LogP contribution is 2.48. The van der Waals surface area contributed by atoms with Crippen molar-refractivity contribution in [2.45, 2.75) is 112 Å². The van der Waals surface area contributed by atoms with E-state index in [9.17, 15) is 0 Å². The van der Waals surface area contributed by atoms with Gasteiger partial charge in [0.05, 0.1) is 22.4 Å². The number of hydrogen-bond acceptors (Lipinski definition) is 4. The summed E-state index contributed by atoms with van der Waals surface area (Å²) in [7, 11) is 0. The number of ether oxygens (including phenoxy) is 1. The first-order valence-corrected chi connectivity index (χ1v) is 23.2. The van der Waals surface area contributed by atoms with E-state index in [-0.39, 0.29) is 10.8 Å². The molecule has 0 saturated heterocycles. The quantitative estimate of drug-likeness (QED) is 0.145. The number of nitrogens with zero attached hydrogens (tertiary/aromatic N) is 4. The second-order valence-electron chi connectivity index (χ2n) is 20.8. The summed E-state index contributed by atoms with van der Waals surface area (Å²) in [5.74, 6) is 3.77. The van der Waals surface area contributed by atoms with Crippen LogP contribution in [0, 0.1) is 0 Å².